The fourth-order valence-corrected chi connectivity index (χ4v) is 2.15. The highest BCUT2D eigenvalue weighted by Gasteiger charge is 2.35. The van der Waals surface area contributed by atoms with Crippen LogP contribution in [0.3, 0.4) is 0 Å². The predicted octanol–water partition coefficient (Wildman–Crippen LogP) is 1.50. The van der Waals surface area contributed by atoms with Crippen LogP contribution < -0.4 is 0 Å². The number of hydrogen-bond donors (Lipinski definition) is 0. The molecule has 1 aromatic carbocycles. The van der Waals surface area contributed by atoms with Crippen LogP contribution in [-0.2, 0) is 30.4 Å². The number of carbonyl (C=O) groups is 3. The van der Waals surface area contributed by atoms with Crippen molar-refractivity contribution in [2.45, 2.75) is 26.1 Å². The molecule has 7 nitrogen and oxygen atoms in total. The van der Waals surface area contributed by atoms with Crippen molar-refractivity contribution in [1.82, 2.24) is 4.90 Å². The largest absolute Gasteiger partial charge is 0.464 e. The number of likely N-dealkylation sites (tertiary alicyclic amines) is 1. The Bertz CT molecular complexity index is 559. The Balaban J connectivity index is 1.78. The minimum Gasteiger partial charge on any atom is -0.464 e. The second-order valence-corrected chi connectivity index (χ2v) is 4.99. The van der Waals surface area contributed by atoms with Crippen LogP contribution in [-0.4, -0.2) is 48.7 Å². The molecule has 1 aliphatic rings. The van der Waals surface area contributed by atoms with Gasteiger partial charge in [0.2, 0.25) is 5.91 Å². The van der Waals surface area contributed by atoms with E-state index in [0.717, 1.165) is 10.5 Å². The Kier molecular flexibility index (Phi) is 6.10. The topological polar surface area (TPSA) is 82.1 Å². The second-order valence-electron chi connectivity index (χ2n) is 4.99. The van der Waals surface area contributed by atoms with Crippen molar-refractivity contribution >= 4 is 18.0 Å². The Hall–Kier alpha value is -2.41. The summed E-state index contributed by atoms with van der Waals surface area (Å²) in [4.78, 5) is 36.0. The molecule has 7 heteroatoms. The van der Waals surface area contributed by atoms with E-state index in [1.807, 2.05) is 30.3 Å². The van der Waals surface area contributed by atoms with Gasteiger partial charge in [-0.2, -0.15) is 0 Å². The number of amides is 2. The van der Waals surface area contributed by atoms with Gasteiger partial charge in [-0.25, -0.2) is 14.5 Å². The highest BCUT2D eigenvalue weighted by Crippen LogP contribution is 2.16. The third kappa shape index (κ3) is 5.07. The molecule has 23 heavy (non-hydrogen) atoms. The van der Waals surface area contributed by atoms with Gasteiger partial charge in [-0.05, 0) is 12.5 Å². The highest BCUT2D eigenvalue weighted by molar-refractivity contribution is 5.94. The summed E-state index contributed by atoms with van der Waals surface area (Å²) in [5.41, 5.74) is 0.836. The second kappa shape index (κ2) is 8.28. The van der Waals surface area contributed by atoms with E-state index in [2.05, 4.69) is 0 Å². The monoisotopic (exact) mass is 321 g/mol. The molecule has 1 unspecified atom stereocenters. The fourth-order valence-electron chi connectivity index (χ4n) is 2.15. The van der Waals surface area contributed by atoms with Crippen LogP contribution >= 0.6 is 0 Å². The van der Waals surface area contributed by atoms with Crippen molar-refractivity contribution in [1.29, 1.82) is 0 Å². The van der Waals surface area contributed by atoms with Crippen LogP contribution in [0.1, 0.15) is 18.9 Å². The van der Waals surface area contributed by atoms with Gasteiger partial charge in [-0.3, -0.25) is 4.79 Å². The van der Waals surface area contributed by atoms with Gasteiger partial charge in [0.1, 0.15) is 13.2 Å². The molecule has 2 rings (SSSR count). The van der Waals surface area contributed by atoms with Gasteiger partial charge in [0.25, 0.3) is 0 Å². The normalized spacial score (nSPS) is 17.2. The van der Waals surface area contributed by atoms with Crippen molar-refractivity contribution in [3.63, 3.8) is 0 Å². The lowest BCUT2D eigenvalue weighted by Gasteiger charge is -2.15. The number of imide groups is 1. The zero-order valence-corrected chi connectivity index (χ0v) is 12.9. The number of ether oxygens (including phenoxy) is 3. The summed E-state index contributed by atoms with van der Waals surface area (Å²) < 4.78 is 15.1. The van der Waals surface area contributed by atoms with Crippen LogP contribution in [0.15, 0.2) is 30.3 Å². The average Bonchev–Trinajstić information content (AvgIpc) is 2.93. The summed E-state index contributed by atoms with van der Waals surface area (Å²) in [5.74, 6) is -0.873. The quantitative estimate of drug-likeness (QED) is 0.739. The lowest BCUT2D eigenvalue weighted by molar-refractivity contribution is -0.150. The number of rotatable bonds is 6. The third-order valence-electron chi connectivity index (χ3n) is 3.26. The minimum absolute atomic E-state index is 0.0415. The zero-order valence-electron chi connectivity index (χ0n) is 12.9. The molecule has 2 amide bonds. The van der Waals surface area contributed by atoms with Gasteiger partial charge in [-0.1, -0.05) is 30.3 Å². The lowest BCUT2D eigenvalue weighted by atomic mass is 10.2. The smallest absolute Gasteiger partial charge is 0.416 e. The molecule has 0 bridgehead atoms. The van der Waals surface area contributed by atoms with Crippen molar-refractivity contribution < 1.29 is 28.6 Å². The SMILES string of the molecule is CCOC(=O)COC1CC(=O)N(C(=O)OCc2ccccc2)C1. The average molecular weight is 321 g/mol. The molecular formula is C16H19NO6. The summed E-state index contributed by atoms with van der Waals surface area (Å²) >= 11 is 0. The molecule has 1 fully saturated rings. The van der Waals surface area contributed by atoms with E-state index in [4.69, 9.17) is 14.2 Å². The van der Waals surface area contributed by atoms with Gasteiger partial charge in [-0.15, -0.1) is 0 Å². The van der Waals surface area contributed by atoms with E-state index >= 15 is 0 Å². The number of hydrogen-bond acceptors (Lipinski definition) is 6. The number of esters is 1. The summed E-state index contributed by atoms with van der Waals surface area (Å²) in [5, 5.41) is 0. The van der Waals surface area contributed by atoms with Gasteiger partial charge < -0.3 is 14.2 Å². The highest BCUT2D eigenvalue weighted by atomic mass is 16.6. The van der Waals surface area contributed by atoms with E-state index in [9.17, 15) is 14.4 Å². The van der Waals surface area contributed by atoms with Crippen molar-refractivity contribution in [3.8, 4) is 0 Å². The number of benzene rings is 1. The molecule has 0 aliphatic carbocycles. The maximum absolute atomic E-state index is 12.0. The molecule has 0 radical (unpaired) electrons. The molecule has 0 saturated carbocycles. The summed E-state index contributed by atoms with van der Waals surface area (Å²) in [6, 6.07) is 9.18. The summed E-state index contributed by atoms with van der Waals surface area (Å²) in [6.07, 6.45) is -1.18. The van der Waals surface area contributed by atoms with E-state index in [1.165, 1.54) is 0 Å². The first kappa shape index (κ1) is 17.0. The van der Waals surface area contributed by atoms with Crippen LogP contribution in [0.2, 0.25) is 0 Å². The third-order valence-corrected chi connectivity index (χ3v) is 3.26. The van der Waals surface area contributed by atoms with E-state index < -0.39 is 18.2 Å². The van der Waals surface area contributed by atoms with Crippen LogP contribution in [0, 0.1) is 0 Å². The molecule has 0 N–H and O–H groups in total. The van der Waals surface area contributed by atoms with Crippen molar-refractivity contribution in [2.24, 2.45) is 0 Å². The van der Waals surface area contributed by atoms with Crippen LogP contribution in [0.4, 0.5) is 4.79 Å². The lowest BCUT2D eigenvalue weighted by Crippen LogP contribution is -2.33. The Labute approximate surface area is 134 Å². The van der Waals surface area contributed by atoms with Crippen LogP contribution in [0.25, 0.3) is 0 Å². The van der Waals surface area contributed by atoms with E-state index in [-0.39, 0.29) is 38.7 Å². The molecule has 1 aromatic rings. The summed E-state index contributed by atoms with van der Waals surface area (Å²) in [6.45, 7) is 1.90. The molecule has 0 aromatic heterocycles. The Morgan fingerprint density at radius 1 is 1.22 bits per heavy atom. The first-order valence-electron chi connectivity index (χ1n) is 7.38. The number of nitrogens with zero attached hydrogens (tertiary/aromatic N) is 1. The maximum Gasteiger partial charge on any atom is 0.416 e. The molecule has 1 aliphatic heterocycles. The summed E-state index contributed by atoms with van der Waals surface area (Å²) in [7, 11) is 0. The van der Waals surface area contributed by atoms with Gasteiger partial charge in [0, 0.05) is 0 Å². The first-order valence-corrected chi connectivity index (χ1v) is 7.38. The molecule has 1 atom stereocenters. The van der Waals surface area contributed by atoms with Crippen LogP contribution in [0.5, 0.6) is 0 Å². The molecular weight excluding hydrogens is 302 g/mol. The van der Waals surface area contributed by atoms with Gasteiger partial charge >= 0.3 is 12.1 Å². The molecule has 1 heterocycles. The first-order chi connectivity index (χ1) is 11.1. The minimum atomic E-state index is -0.707. The maximum atomic E-state index is 12.0. The predicted molar refractivity (Wildman–Crippen MR) is 79.3 cm³/mol. The Morgan fingerprint density at radius 2 is 1.96 bits per heavy atom. The molecule has 124 valence electrons. The zero-order chi connectivity index (χ0) is 16.7. The van der Waals surface area contributed by atoms with Gasteiger partial charge in [0.15, 0.2) is 0 Å². The van der Waals surface area contributed by atoms with E-state index in [0.29, 0.717) is 0 Å². The molecule has 1 saturated heterocycles. The molecule has 0 spiro atoms. The van der Waals surface area contributed by atoms with Crippen molar-refractivity contribution in [3.05, 3.63) is 35.9 Å². The fraction of sp³-hybridized carbons (Fsp3) is 0.438. The van der Waals surface area contributed by atoms with Crippen molar-refractivity contribution in [2.75, 3.05) is 19.8 Å². The van der Waals surface area contributed by atoms with E-state index in [1.54, 1.807) is 6.92 Å². The standard InChI is InChI=1S/C16H19NO6/c1-2-21-15(19)11-22-13-8-14(18)17(9-13)16(20)23-10-12-6-4-3-5-7-12/h3-7,13H,2,8-11H2,1H3. The Morgan fingerprint density at radius 3 is 2.65 bits per heavy atom. The number of carbonyl (C=O) groups excluding carboxylic acids is 3. The van der Waals surface area contributed by atoms with Gasteiger partial charge in [0.05, 0.1) is 25.7 Å².